The summed E-state index contributed by atoms with van der Waals surface area (Å²) in [6.45, 7) is 6.48. The Kier molecular flexibility index (Phi) is 2.98. The maximum Gasteiger partial charge on any atom is 0.217 e. The van der Waals surface area contributed by atoms with E-state index in [2.05, 4.69) is 0 Å². The number of hydrogen-bond donors (Lipinski definition) is 1. The zero-order chi connectivity index (χ0) is 12.5. The molecule has 1 aliphatic rings. The highest BCUT2D eigenvalue weighted by Crippen LogP contribution is 2.37. The molecule has 1 atom stereocenters. The molecule has 1 N–H and O–H groups in total. The lowest BCUT2D eigenvalue weighted by molar-refractivity contribution is -0.310. The van der Waals surface area contributed by atoms with Crippen molar-refractivity contribution < 1.29 is 9.94 Å². The van der Waals surface area contributed by atoms with E-state index in [1.54, 1.807) is 17.3 Å². The van der Waals surface area contributed by atoms with Crippen molar-refractivity contribution in [2.24, 2.45) is 5.41 Å². The molecule has 2 rings (SSSR count). The van der Waals surface area contributed by atoms with Gasteiger partial charge in [0.15, 0.2) is 0 Å². The number of hydrogen-bond acceptors (Lipinski definition) is 3. The molecule has 0 aliphatic carbocycles. The van der Waals surface area contributed by atoms with Crippen LogP contribution >= 0.6 is 0 Å². The summed E-state index contributed by atoms with van der Waals surface area (Å²) < 4.78 is 0. The molecule has 3 heteroatoms. The Labute approximate surface area is 102 Å². The van der Waals surface area contributed by atoms with Gasteiger partial charge in [-0.05, 0) is 11.6 Å². The van der Waals surface area contributed by atoms with Crippen LogP contribution in [0.2, 0.25) is 0 Å². The summed E-state index contributed by atoms with van der Waals surface area (Å²) in [4.78, 5) is 5.60. The van der Waals surface area contributed by atoms with E-state index in [1.807, 2.05) is 51.1 Å². The Morgan fingerprint density at radius 1 is 1.24 bits per heavy atom. The molecule has 1 aliphatic heterocycles. The molecule has 92 valence electrons. The summed E-state index contributed by atoms with van der Waals surface area (Å²) in [6.07, 6.45) is 3.49. The van der Waals surface area contributed by atoms with Gasteiger partial charge in [0.2, 0.25) is 5.79 Å². The molecule has 0 amide bonds. The molecule has 0 saturated heterocycles. The number of rotatable bonds is 2. The minimum atomic E-state index is -1.22. The number of benzene rings is 1. The lowest BCUT2D eigenvalue weighted by Gasteiger charge is -2.35. The maximum absolute atomic E-state index is 10.3. The highest BCUT2D eigenvalue weighted by atomic mass is 16.8. The van der Waals surface area contributed by atoms with Crippen LogP contribution in [0.1, 0.15) is 26.3 Å². The van der Waals surface area contributed by atoms with Crippen molar-refractivity contribution in [2.75, 3.05) is 0 Å². The zero-order valence-corrected chi connectivity index (χ0v) is 10.6. The van der Waals surface area contributed by atoms with E-state index in [-0.39, 0.29) is 5.41 Å². The number of nitrogens with zero attached hydrogens (tertiary/aromatic N) is 1. The average Bonchev–Trinajstić information content (AvgIpc) is 2.62. The van der Waals surface area contributed by atoms with Crippen LogP contribution in [-0.2, 0) is 11.4 Å². The van der Waals surface area contributed by atoms with Gasteiger partial charge in [-0.25, -0.2) is 4.84 Å². The molecular formula is C14H19NO2. The summed E-state index contributed by atoms with van der Waals surface area (Å²) in [5, 5.41) is 12.0. The summed E-state index contributed by atoms with van der Waals surface area (Å²) in [5.41, 5.74) is 0.796. The van der Waals surface area contributed by atoms with Crippen molar-refractivity contribution in [3.05, 3.63) is 48.2 Å². The van der Waals surface area contributed by atoms with Crippen LogP contribution in [0.5, 0.6) is 0 Å². The summed E-state index contributed by atoms with van der Waals surface area (Å²) in [6, 6.07) is 10.0. The molecule has 0 saturated carbocycles. The van der Waals surface area contributed by atoms with E-state index in [4.69, 9.17) is 4.84 Å². The normalized spacial score (nSPS) is 24.4. The SMILES string of the molecule is CC(C)(C)C1(O)C=CN(Cc2ccccc2)O1. The van der Waals surface area contributed by atoms with E-state index < -0.39 is 5.79 Å². The largest absolute Gasteiger partial charge is 0.360 e. The second-order valence-electron chi connectivity index (χ2n) is 5.41. The van der Waals surface area contributed by atoms with Crippen LogP contribution in [0, 0.1) is 5.41 Å². The predicted octanol–water partition coefficient (Wildman–Crippen LogP) is 2.68. The monoisotopic (exact) mass is 233 g/mol. The standard InChI is InChI=1S/C14H19NO2/c1-13(2,3)14(16)9-10-15(17-14)11-12-7-5-4-6-8-12/h4-10,16H,11H2,1-3H3. The molecule has 0 radical (unpaired) electrons. The minimum Gasteiger partial charge on any atom is -0.360 e. The van der Waals surface area contributed by atoms with Crippen LogP contribution in [0.4, 0.5) is 0 Å². The van der Waals surface area contributed by atoms with Gasteiger partial charge in [-0.3, -0.25) is 5.06 Å². The molecule has 0 fully saturated rings. The molecule has 1 aromatic carbocycles. The van der Waals surface area contributed by atoms with Gasteiger partial charge in [0.25, 0.3) is 0 Å². The van der Waals surface area contributed by atoms with Gasteiger partial charge in [-0.15, -0.1) is 0 Å². The lowest BCUT2D eigenvalue weighted by Crippen LogP contribution is -2.43. The molecule has 1 unspecified atom stereocenters. The molecule has 1 heterocycles. The van der Waals surface area contributed by atoms with Gasteiger partial charge < -0.3 is 5.11 Å². The third kappa shape index (κ3) is 2.51. The summed E-state index contributed by atoms with van der Waals surface area (Å²) in [5.74, 6) is -1.22. The smallest absolute Gasteiger partial charge is 0.217 e. The van der Waals surface area contributed by atoms with Gasteiger partial charge in [0.05, 0.1) is 6.54 Å². The van der Waals surface area contributed by atoms with Crippen molar-refractivity contribution in [3.8, 4) is 0 Å². The molecule has 17 heavy (non-hydrogen) atoms. The van der Waals surface area contributed by atoms with Gasteiger partial charge in [0.1, 0.15) is 0 Å². The Morgan fingerprint density at radius 2 is 1.88 bits per heavy atom. The van der Waals surface area contributed by atoms with Crippen molar-refractivity contribution in [1.29, 1.82) is 0 Å². The lowest BCUT2D eigenvalue weighted by atomic mass is 9.86. The molecular weight excluding hydrogens is 214 g/mol. The third-order valence-electron chi connectivity index (χ3n) is 2.98. The van der Waals surface area contributed by atoms with Gasteiger partial charge in [0, 0.05) is 11.6 Å². The van der Waals surface area contributed by atoms with Crippen molar-refractivity contribution in [1.82, 2.24) is 5.06 Å². The first-order chi connectivity index (χ1) is 7.91. The van der Waals surface area contributed by atoms with Crippen LogP contribution in [0.15, 0.2) is 42.6 Å². The molecule has 3 nitrogen and oxygen atoms in total. The fourth-order valence-electron chi connectivity index (χ4n) is 1.66. The van der Waals surface area contributed by atoms with Gasteiger partial charge >= 0.3 is 0 Å². The van der Waals surface area contributed by atoms with E-state index in [1.165, 1.54) is 0 Å². The number of hydroxylamine groups is 2. The predicted molar refractivity (Wildman–Crippen MR) is 66.6 cm³/mol. The Hall–Kier alpha value is -1.32. The minimum absolute atomic E-state index is 0.352. The Bertz CT molecular complexity index is 408. The van der Waals surface area contributed by atoms with Crippen molar-refractivity contribution in [3.63, 3.8) is 0 Å². The first-order valence-electron chi connectivity index (χ1n) is 5.82. The van der Waals surface area contributed by atoms with Crippen LogP contribution < -0.4 is 0 Å². The van der Waals surface area contributed by atoms with Crippen molar-refractivity contribution >= 4 is 0 Å². The summed E-state index contributed by atoms with van der Waals surface area (Å²) >= 11 is 0. The number of aliphatic hydroxyl groups is 1. The molecule has 0 bridgehead atoms. The second kappa shape index (κ2) is 4.17. The van der Waals surface area contributed by atoms with Gasteiger partial charge in [-0.2, -0.15) is 0 Å². The molecule has 0 spiro atoms. The van der Waals surface area contributed by atoms with Crippen LogP contribution in [-0.4, -0.2) is 16.0 Å². The topological polar surface area (TPSA) is 32.7 Å². The first kappa shape index (κ1) is 12.1. The molecule has 0 aromatic heterocycles. The van der Waals surface area contributed by atoms with E-state index >= 15 is 0 Å². The molecule has 1 aromatic rings. The summed E-state index contributed by atoms with van der Waals surface area (Å²) in [7, 11) is 0. The Balaban J connectivity index is 2.03. The highest BCUT2D eigenvalue weighted by molar-refractivity contribution is 5.15. The van der Waals surface area contributed by atoms with E-state index in [0.717, 1.165) is 5.56 Å². The Morgan fingerprint density at radius 3 is 2.41 bits per heavy atom. The van der Waals surface area contributed by atoms with Crippen molar-refractivity contribution in [2.45, 2.75) is 33.1 Å². The zero-order valence-electron chi connectivity index (χ0n) is 10.6. The maximum atomic E-state index is 10.3. The fourth-order valence-corrected chi connectivity index (χ4v) is 1.66. The first-order valence-corrected chi connectivity index (χ1v) is 5.82. The van der Waals surface area contributed by atoms with E-state index in [0.29, 0.717) is 6.54 Å². The average molecular weight is 233 g/mol. The fraction of sp³-hybridized carbons (Fsp3) is 0.429. The highest BCUT2D eigenvalue weighted by Gasteiger charge is 2.44. The van der Waals surface area contributed by atoms with Crippen LogP contribution in [0.3, 0.4) is 0 Å². The quantitative estimate of drug-likeness (QED) is 0.852. The van der Waals surface area contributed by atoms with Gasteiger partial charge in [-0.1, -0.05) is 51.1 Å². The second-order valence-corrected chi connectivity index (χ2v) is 5.41. The van der Waals surface area contributed by atoms with Crippen LogP contribution in [0.25, 0.3) is 0 Å². The van der Waals surface area contributed by atoms with E-state index in [9.17, 15) is 5.11 Å². The third-order valence-corrected chi connectivity index (χ3v) is 2.98.